The number of rotatable bonds is 9. The third-order valence-electron chi connectivity index (χ3n) is 4.91. The summed E-state index contributed by atoms with van der Waals surface area (Å²) in [6, 6.07) is 5.22. The zero-order valence-corrected chi connectivity index (χ0v) is 18.1. The SMILES string of the molecule is C=CCOC(=O)N(C)CC[C@@H](O)[C@@H]1C[C@H](S)CN1C(=O)OCc1ccc([N+](=O)[O-])cc1. The third-order valence-corrected chi connectivity index (χ3v) is 5.28. The Kier molecular flexibility index (Phi) is 9.13. The quantitative estimate of drug-likeness (QED) is 0.255. The Morgan fingerprint density at radius 1 is 1.42 bits per heavy atom. The highest BCUT2D eigenvalue weighted by Crippen LogP contribution is 2.27. The molecule has 2 rings (SSSR count). The van der Waals surface area contributed by atoms with E-state index >= 15 is 0 Å². The number of carbonyl (C=O) groups excluding carboxylic acids is 2. The molecule has 0 bridgehead atoms. The molecule has 1 aromatic rings. The summed E-state index contributed by atoms with van der Waals surface area (Å²) >= 11 is 4.43. The largest absolute Gasteiger partial charge is 0.445 e. The van der Waals surface area contributed by atoms with Crippen LogP contribution in [0.25, 0.3) is 0 Å². The molecule has 1 heterocycles. The highest BCUT2D eigenvalue weighted by atomic mass is 32.1. The fourth-order valence-electron chi connectivity index (χ4n) is 3.21. The van der Waals surface area contributed by atoms with E-state index in [0.717, 1.165) is 0 Å². The predicted molar refractivity (Wildman–Crippen MR) is 116 cm³/mol. The van der Waals surface area contributed by atoms with Crippen LogP contribution in [0, 0.1) is 10.1 Å². The lowest BCUT2D eigenvalue weighted by atomic mass is 10.1. The molecule has 1 N–H and O–H groups in total. The minimum atomic E-state index is -0.876. The van der Waals surface area contributed by atoms with E-state index in [1.807, 2.05) is 0 Å². The number of hydrogen-bond donors (Lipinski definition) is 2. The highest BCUT2D eigenvalue weighted by molar-refractivity contribution is 7.81. The molecule has 0 radical (unpaired) electrons. The predicted octanol–water partition coefficient (Wildman–Crippen LogP) is 2.61. The first-order valence-electron chi connectivity index (χ1n) is 9.74. The van der Waals surface area contributed by atoms with Crippen molar-refractivity contribution in [1.29, 1.82) is 0 Å². The smallest absolute Gasteiger partial charge is 0.410 e. The Balaban J connectivity index is 1.88. The Labute approximate surface area is 186 Å². The summed E-state index contributed by atoms with van der Waals surface area (Å²) in [6.07, 6.45) is 0.200. The number of benzene rings is 1. The molecule has 31 heavy (non-hydrogen) atoms. The van der Waals surface area contributed by atoms with Gasteiger partial charge in [0.1, 0.15) is 13.2 Å². The van der Waals surface area contributed by atoms with Gasteiger partial charge in [-0.1, -0.05) is 12.7 Å². The lowest BCUT2D eigenvalue weighted by Crippen LogP contribution is -2.44. The molecule has 0 saturated carbocycles. The van der Waals surface area contributed by atoms with Gasteiger partial charge in [-0.3, -0.25) is 10.1 Å². The van der Waals surface area contributed by atoms with Gasteiger partial charge < -0.3 is 24.4 Å². The van der Waals surface area contributed by atoms with Crippen molar-refractivity contribution >= 4 is 30.5 Å². The number of amides is 2. The van der Waals surface area contributed by atoms with Crippen LogP contribution in [0.2, 0.25) is 0 Å². The summed E-state index contributed by atoms with van der Waals surface area (Å²) in [5.41, 5.74) is 0.561. The molecule has 11 heteroatoms. The minimum Gasteiger partial charge on any atom is -0.445 e. The Bertz CT molecular complexity index is 789. The number of thiol groups is 1. The number of carbonyl (C=O) groups is 2. The van der Waals surface area contributed by atoms with Crippen LogP contribution in [0.5, 0.6) is 0 Å². The molecule has 3 atom stereocenters. The number of aliphatic hydroxyl groups is 1. The summed E-state index contributed by atoms with van der Waals surface area (Å²) in [7, 11) is 1.56. The topological polar surface area (TPSA) is 122 Å². The molecule has 0 aliphatic carbocycles. The molecular weight excluding hydrogens is 426 g/mol. The van der Waals surface area contributed by atoms with E-state index in [9.17, 15) is 24.8 Å². The molecule has 1 aliphatic heterocycles. The molecule has 2 amide bonds. The monoisotopic (exact) mass is 453 g/mol. The van der Waals surface area contributed by atoms with E-state index < -0.39 is 29.3 Å². The molecule has 170 valence electrons. The van der Waals surface area contributed by atoms with Crippen molar-refractivity contribution in [1.82, 2.24) is 9.80 Å². The lowest BCUT2D eigenvalue weighted by Gasteiger charge is -2.29. The van der Waals surface area contributed by atoms with Gasteiger partial charge in [0.05, 0.1) is 17.1 Å². The van der Waals surface area contributed by atoms with Gasteiger partial charge in [0.25, 0.3) is 5.69 Å². The van der Waals surface area contributed by atoms with Gasteiger partial charge in [-0.05, 0) is 30.5 Å². The summed E-state index contributed by atoms with van der Waals surface area (Å²) in [5.74, 6) is 0. The number of aliphatic hydroxyl groups excluding tert-OH is 1. The molecule has 0 aromatic heterocycles. The Morgan fingerprint density at radius 3 is 2.71 bits per heavy atom. The molecule has 10 nitrogen and oxygen atoms in total. The number of ether oxygens (including phenoxy) is 2. The zero-order valence-electron chi connectivity index (χ0n) is 17.3. The van der Waals surface area contributed by atoms with Crippen LogP contribution >= 0.6 is 12.6 Å². The van der Waals surface area contributed by atoms with Crippen molar-refractivity contribution in [2.45, 2.75) is 36.8 Å². The van der Waals surface area contributed by atoms with Crippen LogP contribution in [0.15, 0.2) is 36.9 Å². The molecule has 1 aromatic carbocycles. The molecule has 0 spiro atoms. The molecule has 1 aliphatic rings. The second-order valence-corrected chi connectivity index (χ2v) is 7.96. The van der Waals surface area contributed by atoms with Crippen molar-refractivity contribution in [2.75, 3.05) is 26.7 Å². The normalized spacial score (nSPS) is 18.9. The van der Waals surface area contributed by atoms with Gasteiger partial charge in [-0.2, -0.15) is 12.6 Å². The summed E-state index contributed by atoms with van der Waals surface area (Å²) in [4.78, 5) is 37.3. The van der Waals surface area contributed by atoms with E-state index in [0.29, 0.717) is 18.5 Å². The fraction of sp³-hybridized carbons (Fsp3) is 0.500. The number of hydrogen-bond acceptors (Lipinski definition) is 8. The zero-order chi connectivity index (χ0) is 23.0. The highest BCUT2D eigenvalue weighted by Gasteiger charge is 2.39. The van der Waals surface area contributed by atoms with Crippen LogP contribution in [0.3, 0.4) is 0 Å². The average Bonchev–Trinajstić information content (AvgIpc) is 3.15. The van der Waals surface area contributed by atoms with Crippen molar-refractivity contribution in [3.8, 4) is 0 Å². The first-order valence-corrected chi connectivity index (χ1v) is 10.3. The van der Waals surface area contributed by atoms with Gasteiger partial charge in [0.15, 0.2) is 0 Å². The first kappa shape index (κ1) is 24.5. The van der Waals surface area contributed by atoms with Gasteiger partial charge in [-0.15, -0.1) is 0 Å². The maximum Gasteiger partial charge on any atom is 0.410 e. The van der Waals surface area contributed by atoms with Gasteiger partial charge >= 0.3 is 12.2 Å². The summed E-state index contributed by atoms with van der Waals surface area (Å²) in [5, 5.41) is 21.2. The average molecular weight is 454 g/mol. The van der Waals surface area contributed by atoms with E-state index in [2.05, 4.69) is 19.2 Å². The molecule has 0 unspecified atom stereocenters. The van der Waals surface area contributed by atoms with Crippen LogP contribution in [0.1, 0.15) is 18.4 Å². The van der Waals surface area contributed by atoms with E-state index in [4.69, 9.17) is 9.47 Å². The summed E-state index contributed by atoms with van der Waals surface area (Å²) in [6.45, 7) is 4.09. The first-order chi connectivity index (χ1) is 14.7. The van der Waals surface area contributed by atoms with Gasteiger partial charge in [-0.25, -0.2) is 9.59 Å². The van der Waals surface area contributed by atoms with E-state index in [-0.39, 0.29) is 37.1 Å². The van der Waals surface area contributed by atoms with Crippen molar-refractivity contribution in [3.63, 3.8) is 0 Å². The number of nitro groups is 1. The number of nitrogens with zero attached hydrogens (tertiary/aromatic N) is 3. The standard InChI is InChI=1S/C20H27N3O7S/c1-3-10-29-19(25)21(2)9-8-18(24)17-11-16(31)12-22(17)20(26)30-13-14-4-6-15(7-5-14)23(27)28/h3-7,16-18,24,31H,1,8-13H2,2H3/t16-,17-,18+/m0/s1. The number of likely N-dealkylation sites (tertiary alicyclic amines) is 1. The molecule has 1 fully saturated rings. The summed E-state index contributed by atoms with van der Waals surface area (Å²) < 4.78 is 10.3. The van der Waals surface area contributed by atoms with Crippen molar-refractivity contribution < 1.29 is 29.1 Å². The maximum absolute atomic E-state index is 12.6. The van der Waals surface area contributed by atoms with Crippen molar-refractivity contribution in [3.05, 3.63) is 52.6 Å². The Morgan fingerprint density at radius 2 is 2.10 bits per heavy atom. The second-order valence-electron chi connectivity index (χ2n) is 7.23. The van der Waals surface area contributed by atoms with E-state index in [1.54, 1.807) is 7.05 Å². The minimum absolute atomic E-state index is 0.0472. The van der Waals surface area contributed by atoms with E-state index in [1.165, 1.54) is 40.1 Å². The Hall–Kier alpha value is -2.79. The number of nitro benzene ring substituents is 1. The van der Waals surface area contributed by atoms with Crippen LogP contribution in [0.4, 0.5) is 15.3 Å². The molecular formula is C20H27N3O7S. The van der Waals surface area contributed by atoms with Crippen LogP contribution in [-0.2, 0) is 16.1 Å². The molecule has 1 saturated heterocycles. The van der Waals surface area contributed by atoms with Crippen LogP contribution < -0.4 is 0 Å². The fourth-order valence-corrected chi connectivity index (χ4v) is 3.60. The third kappa shape index (κ3) is 7.14. The van der Waals surface area contributed by atoms with Crippen LogP contribution in [-0.4, -0.2) is 76.2 Å². The maximum atomic E-state index is 12.6. The van der Waals surface area contributed by atoms with Gasteiger partial charge in [0, 0.05) is 37.5 Å². The van der Waals surface area contributed by atoms with Gasteiger partial charge in [0.2, 0.25) is 0 Å². The van der Waals surface area contributed by atoms with Crippen molar-refractivity contribution in [2.24, 2.45) is 0 Å². The second kappa shape index (κ2) is 11.6. The number of non-ortho nitro benzene ring substituents is 1. The lowest BCUT2D eigenvalue weighted by molar-refractivity contribution is -0.384.